The van der Waals surface area contributed by atoms with E-state index in [1.165, 1.54) is 29.8 Å². The molecule has 4 rings (SSSR count). The zero-order chi connectivity index (χ0) is 17.8. The molecule has 132 valence electrons. The number of benzene rings is 3. The normalized spacial score (nSPS) is 22.4. The highest BCUT2D eigenvalue weighted by molar-refractivity contribution is 6.30. The van der Waals surface area contributed by atoms with E-state index in [0.717, 1.165) is 18.1 Å². The van der Waals surface area contributed by atoms with Gasteiger partial charge in [0.05, 0.1) is 5.56 Å². The molecule has 2 unspecified atom stereocenters. The van der Waals surface area contributed by atoms with Crippen LogP contribution in [0.3, 0.4) is 0 Å². The molecule has 0 aliphatic carbocycles. The van der Waals surface area contributed by atoms with Crippen molar-refractivity contribution in [2.75, 3.05) is 13.1 Å². The molecule has 1 fully saturated rings. The molecule has 2 nitrogen and oxygen atoms in total. The van der Waals surface area contributed by atoms with Crippen molar-refractivity contribution in [3.63, 3.8) is 0 Å². The van der Waals surface area contributed by atoms with E-state index in [1.54, 1.807) is 9.80 Å². The van der Waals surface area contributed by atoms with Gasteiger partial charge in [-0.1, -0.05) is 78.3 Å². The maximum absolute atomic E-state index is 6.32. The van der Waals surface area contributed by atoms with Crippen LogP contribution in [0.25, 0.3) is 0 Å². The summed E-state index contributed by atoms with van der Waals surface area (Å²) in [5, 5.41) is 0.826. The lowest BCUT2D eigenvalue weighted by molar-refractivity contribution is -1.09. The monoisotopic (exact) mass is 364 g/mol. The van der Waals surface area contributed by atoms with Gasteiger partial charge >= 0.3 is 0 Å². The topological polar surface area (TPSA) is 8.88 Å². The Balaban J connectivity index is 1.61. The minimum atomic E-state index is 0.411. The highest BCUT2D eigenvalue weighted by atomic mass is 35.5. The zero-order valence-corrected chi connectivity index (χ0v) is 15.6. The highest BCUT2D eigenvalue weighted by Crippen LogP contribution is 2.15. The van der Waals surface area contributed by atoms with Gasteiger partial charge in [-0.25, -0.2) is 0 Å². The molecule has 0 amide bonds. The van der Waals surface area contributed by atoms with E-state index in [1.807, 2.05) is 6.07 Å². The van der Waals surface area contributed by atoms with Crippen molar-refractivity contribution in [2.24, 2.45) is 0 Å². The predicted octanol–water partition coefficient (Wildman–Crippen LogP) is 2.52. The molecular weight excluding hydrogens is 340 g/mol. The molecule has 0 spiro atoms. The summed E-state index contributed by atoms with van der Waals surface area (Å²) >= 11 is 6.32. The van der Waals surface area contributed by atoms with Crippen molar-refractivity contribution in [1.29, 1.82) is 0 Å². The van der Waals surface area contributed by atoms with Crippen LogP contribution in [-0.4, -0.2) is 13.1 Å². The SMILES string of the molecule is Clc1cccc(C2[NH+](Cc3ccccc3)CC[NH+]2Cc2ccccc2)c1. The summed E-state index contributed by atoms with van der Waals surface area (Å²) in [4.78, 5) is 3.23. The van der Waals surface area contributed by atoms with Crippen molar-refractivity contribution >= 4 is 11.6 Å². The molecule has 0 saturated carbocycles. The number of hydrogen-bond donors (Lipinski definition) is 2. The number of quaternary nitrogens is 2. The number of nitrogens with one attached hydrogen (secondary N) is 2. The molecule has 3 heteroatoms. The molecule has 2 atom stereocenters. The molecule has 3 aromatic rings. The third kappa shape index (κ3) is 3.99. The largest absolute Gasteiger partial charge is 0.274 e. The van der Waals surface area contributed by atoms with Crippen LogP contribution in [0.2, 0.25) is 5.02 Å². The van der Waals surface area contributed by atoms with Crippen molar-refractivity contribution in [3.05, 3.63) is 107 Å². The molecule has 1 saturated heterocycles. The van der Waals surface area contributed by atoms with Gasteiger partial charge in [0.2, 0.25) is 6.17 Å². The van der Waals surface area contributed by atoms with Crippen molar-refractivity contribution < 1.29 is 9.80 Å². The molecular formula is C23H25ClN2+2. The van der Waals surface area contributed by atoms with Gasteiger partial charge in [-0.15, -0.1) is 0 Å². The predicted molar refractivity (Wildman–Crippen MR) is 106 cm³/mol. The van der Waals surface area contributed by atoms with E-state index in [2.05, 4.69) is 78.9 Å². The Morgan fingerprint density at radius 2 is 1.23 bits per heavy atom. The second-order valence-electron chi connectivity index (χ2n) is 7.13. The standard InChI is InChI=1S/C23H23ClN2/c24-22-13-7-12-21(16-22)23-25(17-19-8-3-1-4-9-19)14-15-26(23)18-20-10-5-2-6-11-20/h1-13,16,23H,14-15,17-18H2/p+2. The Labute approximate surface area is 160 Å². The van der Waals surface area contributed by atoms with Crippen LogP contribution in [0.1, 0.15) is 22.9 Å². The highest BCUT2D eigenvalue weighted by Gasteiger charge is 2.40. The van der Waals surface area contributed by atoms with E-state index < -0.39 is 0 Å². The van der Waals surface area contributed by atoms with Crippen LogP contribution in [0.4, 0.5) is 0 Å². The van der Waals surface area contributed by atoms with Gasteiger partial charge in [0, 0.05) is 16.1 Å². The Kier molecular flexibility index (Phi) is 5.35. The van der Waals surface area contributed by atoms with Crippen molar-refractivity contribution in [1.82, 2.24) is 0 Å². The fourth-order valence-electron chi connectivity index (χ4n) is 4.15. The average Bonchev–Trinajstić information content (AvgIpc) is 3.05. The van der Waals surface area contributed by atoms with Gasteiger partial charge < -0.3 is 0 Å². The minimum absolute atomic E-state index is 0.411. The van der Waals surface area contributed by atoms with E-state index in [0.29, 0.717) is 6.17 Å². The maximum Gasteiger partial charge on any atom is 0.241 e. The third-order valence-electron chi connectivity index (χ3n) is 5.31. The van der Waals surface area contributed by atoms with Crippen molar-refractivity contribution in [2.45, 2.75) is 19.3 Å². The van der Waals surface area contributed by atoms with Gasteiger partial charge in [-0.2, -0.15) is 0 Å². The summed E-state index contributed by atoms with van der Waals surface area (Å²) in [6.45, 7) is 4.45. The quantitative estimate of drug-likeness (QED) is 0.688. The molecule has 1 heterocycles. The summed E-state index contributed by atoms with van der Waals surface area (Å²) < 4.78 is 0. The summed E-state index contributed by atoms with van der Waals surface area (Å²) in [5.74, 6) is 0. The van der Waals surface area contributed by atoms with Crippen molar-refractivity contribution in [3.8, 4) is 0 Å². The number of hydrogen-bond acceptors (Lipinski definition) is 0. The summed E-state index contributed by atoms with van der Waals surface area (Å²) in [6.07, 6.45) is 0.411. The van der Waals surface area contributed by atoms with E-state index in [4.69, 9.17) is 11.6 Å². The lowest BCUT2D eigenvalue weighted by Crippen LogP contribution is -3.22. The summed E-state index contributed by atoms with van der Waals surface area (Å²) in [5.41, 5.74) is 4.14. The average molecular weight is 365 g/mol. The first-order chi connectivity index (χ1) is 12.8. The Bertz CT molecular complexity index is 786. The fourth-order valence-corrected chi connectivity index (χ4v) is 4.35. The molecule has 2 N–H and O–H groups in total. The second-order valence-corrected chi connectivity index (χ2v) is 7.57. The van der Waals surface area contributed by atoms with Crippen LogP contribution in [-0.2, 0) is 13.1 Å². The molecule has 1 aliphatic heterocycles. The lowest BCUT2D eigenvalue weighted by Gasteiger charge is -2.25. The van der Waals surface area contributed by atoms with E-state index >= 15 is 0 Å². The number of halogens is 1. The van der Waals surface area contributed by atoms with E-state index in [9.17, 15) is 0 Å². The Hall–Kier alpha value is -2.13. The first-order valence-electron chi connectivity index (χ1n) is 9.32. The Morgan fingerprint density at radius 3 is 1.73 bits per heavy atom. The smallest absolute Gasteiger partial charge is 0.241 e. The van der Waals surface area contributed by atoms with Crippen LogP contribution in [0, 0.1) is 0 Å². The second kappa shape index (κ2) is 8.05. The van der Waals surface area contributed by atoms with Crippen LogP contribution in [0.15, 0.2) is 84.9 Å². The molecule has 0 bridgehead atoms. The minimum Gasteiger partial charge on any atom is -0.274 e. The van der Waals surface area contributed by atoms with Gasteiger partial charge in [0.25, 0.3) is 0 Å². The van der Waals surface area contributed by atoms with Crippen LogP contribution >= 0.6 is 11.6 Å². The molecule has 26 heavy (non-hydrogen) atoms. The maximum atomic E-state index is 6.32. The van der Waals surface area contributed by atoms with E-state index in [-0.39, 0.29) is 0 Å². The van der Waals surface area contributed by atoms with Gasteiger partial charge in [0.15, 0.2) is 0 Å². The zero-order valence-electron chi connectivity index (χ0n) is 14.9. The third-order valence-corrected chi connectivity index (χ3v) is 5.55. The van der Waals surface area contributed by atoms with Gasteiger partial charge in [-0.3, -0.25) is 9.80 Å². The molecule has 1 aliphatic rings. The first-order valence-corrected chi connectivity index (χ1v) is 9.70. The summed E-state index contributed by atoms with van der Waals surface area (Å²) in [6, 6.07) is 30.1. The Morgan fingerprint density at radius 1 is 0.692 bits per heavy atom. The van der Waals surface area contributed by atoms with Crippen LogP contribution < -0.4 is 9.80 Å². The fraction of sp³-hybridized carbons (Fsp3) is 0.217. The summed E-state index contributed by atoms with van der Waals surface area (Å²) in [7, 11) is 0. The van der Waals surface area contributed by atoms with Gasteiger partial charge in [-0.05, 0) is 18.2 Å². The molecule has 0 aromatic heterocycles. The van der Waals surface area contributed by atoms with Gasteiger partial charge in [0.1, 0.15) is 26.2 Å². The molecule has 0 radical (unpaired) electrons. The first kappa shape index (κ1) is 17.3. The lowest BCUT2D eigenvalue weighted by atomic mass is 10.1. The van der Waals surface area contributed by atoms with Crippen LogP contribution in [0.5, 0.6) is 0 Å². The number of rotatable bonds is 5. The molecule has 3 aromatic carbocycles.